The van der Waals surface area contributed by atoms with E-state index in [4.69, 9.17) is 4.98 Å². The molecule has 4 aromatic rings. The largest absolute Gasteiger partial charge is 0.361 e. The number of hydrogen-bond acceptors (Lipinski definition) is 3. The lowest BCUT2D eigenvalue weighted by molar-refractivity contribution is -0.131. The van der Waals surface area contributed by atoms with E-state index in [1.54, 1.807) is 0 Å². The minimum absolute atomic E-state index is 0.0493. The van der Waals surface area contributed by atoms with Crippen LogP contribution in [0.1, 0.15) is 37.4 Å². The number of benzene rings is 2. The first kappa shape index (κ1) is 22.8. The average Bonchev–Trinajstić information content (AvgIpc) is 3.45. The van der Waals surface area contributed by atoms with Crippen LogP contribution in [0.5, 0.6) is 0 Å². The predicted molar refractivity (Wildman–Crippen MR) is 143 cm³/mol. The highest BCUT2D eigenvalue weighted by Crippen LogP contribution is 2.33. The van der Waals surface area contributed by atoms with Gasteiger partial charge in [-0.25, -0.2) is 4.98 Å². The van der Waals surface area contributed by atoms with Crippen LogP contribution in [0.4, 0.5) is 0 Å². The van der Waals surface area contributed by atoms with Crippen molar-refractivity contribution < 1.29 is 4.79 Å². The Morgan fingerprint density at radius 3 is 2.53 bits per heavy atom. The number of rotatable bonds is 6. The van der Waals surface area contributed by atoms with Gasteiger partial charge in [0.25, 0.3) is 5.56 Å². The molecule has 0 unspecified atom stereocenters. The maximum absolute atomic E-state index is 13.6. The van der Waals surface area contributed by atoms with Gasteiger partial charge in [-0.15, -0.1) is 0 Å². The molecule has 0 bridgehead atoms. The Kier molecular flexibility index (Phi) is 5.75. The summed E-state index contributed by atoms with van der Waals surface area (Å²) in [5, 5.41) is 1.19. The lowest BCUT2D eigenvalue weighted by Gasteiger charge is -2.20. The van der Waals surface area contributed by atoms with Crippen molar-refractivity contribution in [3.05, 3.63) is 76.3 Å². The molecule has 36 heavy (non-hydrogen) atoms. The molecule has 184 valence electrons. The van der Waals surface area contributed by atoms with Crippen molar-refractivity contribution >= 4 is 16.8 Å². The standard InChI is InChI=1S/C30H32N4O2/c1-3-26-19(2)32-28(34(30(26)36)18-20-13-15-33(17-20)29(35)24-9-10-24)23-7-4-21(5-8-23)25-11-6-22-12-14-31-27(22)16-25/h4-8,11-12,14,16,20,24,31H,3,9-10,13,15,17-18H2,1-2H3/t20-/m1/s1. The molecule has 1 aliphatic carbocycles. The summed E-state index contributed by atoms with van der Waals surface area (Å²) in [6, 6.07) is 16.8. The number of carbonyl (C=O) groups excluding carboxylic acids is 1. The topological polar surface area (TPSA) is 71.0 Å². The molecule has 2 aromatic heterocycles. The van der Waals surface area contributed by atoms with Gasteiger partial charge in [0.2, 0.25) is 5.91 Å². The Morgan fingerprint density at radius 2 is 1.78 bits per heavy atom. The number of hydrogen-bond donors (Lipinski definition) is 1. The van der Waals surface area contributed by atoms with Crippen molar-refractivity contribution in [2.45, 2.75) is 46.1 Å². The lowest BCUT2D eigenvalue weighted by atomic mass is 10.0. The molecule has 1 saturated carbocycles. The average molecular weight is 481 g/mol. The molecular weight excluding hydrogens is 448 g/mol. The first-order chi connectivity index (χ1) is 17.5. The van der Waals surface area contributed by atoms with Crippen molar-refractivity contribution in [3.63, 3.8) is 0 Å². The maximum atomic E-state index is 13.6. The molecule has 2 aliphatic rings. The summed E-state index contributed by atoms with van der Waals surface area (Å²) in [6.07, 6.45) is 5.60. The van der Waals surface area contributed by atoms with E-state index in [2.05, 4.69) is 53.5 Å². The third-order valence-electron chi connectivity index (χ3n) is 7.82. The van der Waals surface area contributed by atoms with Crippen molar-refractivity contribution in [2.75, 3.05) is 13.1 Å². The quantitative estimate of drug-likeness (QED) is 0.413. The van der Waals surface area contributed by atoms with E-state index in [9.17, 15) is 9.59 Å². The van der Waals surface area contributed by atoms with Crippen LogP contribution in [0, 0.1) is 18.8 Å². The first-order valence-corrected chi connectivity index (χ1v) is 13.1. The summed E-state index contributed by atoms with van der Waals surface area (Å²) in [6.45, 7) is 6.06. The van der Waals surface area contributed by atoms with Crippen LogP contribution in [0.3, 0.4) is 0 Å². The van der Waals surface area contributed by atoms with Crippen LogP contribution in [-0.4, -0.2) is 38.4 Å². The minimum Gasteiger partial charge on any atom is -0.361 e. The summed E-state index contributed by atoms with van der Waals surface area (Å²) in [4.78, 5) is 36.3. The van der Waals surface area contributed by atoms with Crippen molar-refractivity contribution in [1.29, 1.82) is 0 Å². The number of aromatic nitrogens is 3. The summed E-state index contributed by atoms with van der Waals surface area (Å²) in [7, 11) is 0. The van der Waals surface area contributed by atoms with Crippen LogP contribution in [0.25, 0.3) is 33.4 Å². The zero-order valence-electron chi connectivity index (χ0n) is 21.0. The molecule has 1 aliphatic heterocycles. The second kappa shape index (κ2) is 9.08. The predicted octanol–water partition coefficient (Wildman–Crippen LogP) is 5.19. The lowest BCUT2D eigenvalue weighted by Crippen LogP contribution is -2.33. The second-order valence-corrected chi connectivity index (χ2v) is 10.3. The van der Waals surface area contributed by atoms with Crippen molar-refractivity contribution in [2.24, 2.45) is 11.8 Å². The highest BCUT2D eigenvalue weighted by molar-refractivity contribution is 5.85. The van der Waals surface area contributed by atoms with E-state index in [-0.39, 0.29) is 17.4 Å². The Balaban J connectivity index is 1.31. The Hall–Kier alpha value is -3.67. The Labute approximate surface area is 211 Å². The van der Waals surface area contributed by atoms with E-state index in [0.717, 1.165) is 65.8 Å². The number of carbonyl (C=O) groups is 1. The molecule has 1 N–H and O–H groups in total. The number of fused-ring (bicyclic) bond motifs is 1. The molecule has 0 spiro atoms. The number of nitrogens with zero attached hydrogens (tertiary/aromatic N) is 3. The molecular formula is C30H32N4O2. The van der Waals surface area contributed by atoms with Gasteiger partial charge >= 0.3 is 0 Å². The van der Waals surface area contributed by atoms with Gasteiger partial charge in [0.15, 0.2) is 0 Å². The molecule has 1 atom stereocenters. The molecule has 0 radical (unpaired) electrons. The van der Waals surface area contributed by atoms with Gasteiger partial charge in [-0.2, -0.15) is 0 Å². The molecule has 1 amide bonds. The SMILES string of the molecule is CCc1c(C)nc(-c2ccc(-c3ccc4cc[nH]c4c3)cc2)n(C[C@@H]2CCN(C(=O)C3CC3)C2)c1=O. The van der Waals surface area contributed by atoms with Crippen molar-refractivity contribution in [1.82, 2.24) is 19.4 Å². The first-order valence-electron chi connectivity index (χ1n) is 13.1. The van der Waals surface area contributed by atoms with E-state index in [1.807, 2.05) is 29.5 Å². The number of aryl methyl sites for hydroxylation is 1. The molecule has 6 heteroatoms. The van der Waals surface area contributed by atoms with Gasteiger partial charge in [-0.05, 0) is 67.2 Å². The molecule has 1 saturated heterocycles. The zero-order valence-corrected chi connectivity index (χ0v) is 21.0. The number of H-pyrrole nitrogens is 1. The normalized spacial score (nSPS) is 17.7. The van der Waals surface area contributed by atoms with E-state index >= 15 is 0 Å². The van der Waals surface area contributed by atoms with Crippen LogP contribution < -0.4 is 5.56 Å². The minimum atomic E-state index is 0.0493. The van der Waals surface area contributed by atoms with E-state index < -0.39 is 0 Å². The summed E-state index contributed by atoms with van der Waals surface area (Å²) >= 11 is 0. The fourth-order valence-corrected chi connectivity index (χ4v) is 5.57. The number of likely N-dealkylation sites (tertiary alicyclic amines) is 1. The second-order valence-electron chi connectivity index (χ2n) is 10.3. The van der Waals surface area contributed by atoms with Crippen LogP contribution in [0.2, 0.25) is 0 Å². The fraction of sp³-hybridized carbons (Fsp3) is 0.367. The summed E-state index contributed by atoms with van der Waals surface area (Å²) < 4.78 is 1.86. The van der Waals surface area contributed by atoms with E-state index in [1.165, 1.54) is 5.39 Å². The van der Waals surface area contributed by atoms with Crippen LogP contribution in [-0.2, 0) is 17.8 Å². The summed E-state index contributed by atoms with van der Waals surface area (Å²) in [5.74, 6) is 1.53. The molecule has 6 rings (SSSR count). The molecule has 2 fully saturated rings. The zero-order chi connectivity index (χ0) is 24.8. The van der Waals surface area contributed by atoms with Gasteiger partial charge in [-0.3, -0.25) is 14.2 Å². The van der Waals surface area contributed by atoms with Gasteiger partial charge in [0.05, 0.1) is 0 Å². The van der Waals surface area contributed by atoms with Crippen LogP contribution >= 0.6 is 0 Å². The van der Waals surface area contributed by atoms with Gasteiger partial charge in [0.1, 0.15) is 5.82 Å². The number of nitrogens with one attached hydrogen (secondary N) is 1. The number of aromatic amines is 1. The molecule has 6 nitrogen and oxygen atoms in total. The molecule has 3 heterocycles. The third-order valence-corrected chi connectivity index (χ3v) is 7.82. The fourth-order valence-electron chi connectivity index (χ4n) is 5.57. The highest BCUT2D eigenvalue weighted by atomic mass is 16.2. The summed E-state index contributed by atoms with van der Waals surface area (Å²) in [5.41, 5.74) is 5.94. The third kappa shape index (κ3) is 4.15. The van der Waals surface area contributed by atoms with Gasteiger partial charge in [-0.1, -0.05) is 43.3 Å². The Morgan fingerprint density at radius 1 is 1.03 bits per heavy atom. The van der Waals surface area contributed by atoms with Gasteiger partial charge < -0.3 is 9.88 Å². The maximum Gasteiger partial charge on any atom is 0.257 e. The highest BCUT2D eigenvalue weighted by Gasteiger charge is 2.36. The van der Waals surface area contributed by atoms with Crippen molar-refractivity contribution in [3.8, 4) is 22.5 Å². The van der Waals surface area contributed by atoms with E-state index in [0.29, 0.717) is 24.7 Å². The van der Waals surface area contributed by atoms with Crippen LogP contribution in [0.15, 0.2) is 59.5 Å². The monoisotopic (exact) mass is 480 g/mol. The Bertz CT molecular complexity index is 1490. The smallest absolute Gasteiger partial charge is 0.257 e. The van der Waals surface area contributed by atoms with Gasteiger partial charge in [0, 0.05) is 54.1 Å². The number of amides is 1. The molecule has 2 aromatic carbocycles.